The predicted octanol–water partition coefficient (Wildman–Crippen LogP) is 3.33. The van der Waals surface area contributed by atoms with Gasteiger partial charge in [-0.05, 0) is 49.4 Å². The van der Waals surface area contributed by atoms with Gasteiger partial charge in [0, 0.05) is 23.5 Å². The monoisotopic (exact) mass is 373 g/mol. The van der Waals surface area contributed by atoms with Crippen LogP contribution in [0.4, 0.5) is 10.5 Å². The van der Waals surface area contributed by atoms with Crippen molar-refractivity contribution < 1.29 is 19.2 Å². The molecular weight excluding hydrogens is 358 g/mol. The number of thioether (sulfide) groups is 1. The average Bonchev–Trinajstić information content (AvgIpc) is 3.05. The van der Waals surface area contributed by atoms with Gasteiger partial charge < -0.3 is 9.30 Å². The lowest BCUT2D eigenvalue weighted by Gasteiger charge is -2.13. The number of aryl methyl sites for hydroxylation is 1. The van der Waals surface area contributed by atoms with Crippen molar-refractivity contribution >= 4 is 34.7 Å². The number of nitro benzene ring substituents is 1. The molecule has 1 saturated heterocycles. The van der Waals surface area contributed by atoms with Gasteiger partial charge >= 0.3 is 0 Å². The summed E-state index contributed by atoms with van der Waals surface area (Å²) in [7, 11) is 1.49. The van der Waals surface area contributed by atoms with Gasteiger partial charge in [-0.1, -0.05) is 0 Å². The van der Waals surface area contributed by atoms with Crippen LogP contribution in [-0.2, 0) is 4.79 Å². The Hall–Kier alpha value is -3.07. The molecule has 0 unspecified atom stereocenters. The van der Waals surface area contributed by atoms with Gasteiger partial charge in [0.1, 0.15) is 5.75 Å². The van der Waals surface area contributed by atoms with Crippen molar-refractivity contribution in [1.29, 1.82) is 0 Å². The summed E-state index contributed by atoms with van der Waals surface area (Å²) in [4.78, 5) is 34.0. The molecule has 3 rings (SSSR count). The van der Waals surface area contributed by atoms with Crippen LogP contribution in [0.3, 0.4) is 0 Å². The zero-order valence-corrected chi connectivity index (χ0v) is 15.0. The zero-order chi connectivity index (χ0) is 19.0. The van der Waals surface area contributed by atoms with Crippen molar-refractivity contribution in [3.63, 3.8) is 0 Å². The molecule has 0 bridgehead atoms. The number of methoxy groups -OCH3 is 1. The van der Waals surface area contributed by atoms with Gasteiger partial charge in [0.2, 0.25) is 0 Å². The van der Waals surface area contributed by atoms with E-state index in [0.29, 0.717) is 16.3 Å². The average molecular weight is 373 g/mol. The van der Waals surface area contributed by atoms with E-state index in [2.05, 4.69) is 5.32 Å². The first-order valence-corrected chi connectivity index (χ1v) is 8.40. The number of imide groups is 1. The van der Waals surface area contributed by atoms with Crippen LogP contribution in [0.5, 0.6) is 5.75 Å². The largest absolute Gasteiger partial charge is 0.495 e. The molecule has 0 atom stereocenters. The number of carbonyl (C=O) groups is 2. The highest BCUT2D eigenvalue weighted by atomic mass is 32.2. The third-order valence-electron chi connectivity index (χ3n) is 4.01. The van der Waals surface area contributed by atoms with Crippen molar-refractivity contribution in [2.45, 2.75) is 13.8 Å². The van der Waals surface area contributed by atoms with E-state index >= 15 is 0 Å². The number of aromatic nitrogens is 1. The SMILES string of the molecule is COc1ccc([N+](=O)[O-])cc1-n1c(C)cc(/C=C2\SC(=O)NC2=O)c1C. The molecule has 134 valence electrons. The fraction of sp³-hybridized carbons (Fsp3) is 0.176. The number of nitrogens with zero attached hydrogens (tertiary/aromatic N) is 2. The quantitative estimate of drug-likeness (QED) is 0.501. The van der Waals surface area contributed by atoms with Gasteiger partial charge in [-0.3, -0.25) is 25.0 Å². The molecule has 0 saturated carbocycles. The highest BCUT2D eigenvalue weighted by Gasteiger charge is 2.26. The predicted molar refractivity (Wildman–Crippen MR) is 97.6 cm³/mol. The minimum atomic E-state index is -0.467. The number of hydrogen-bond acceptors (Lipinski definition) is 6. The van der Waals surface area contributed by atoms with Crippen LogP contribution in [-0.4, -0.2) is 27.7 Å². The summed E-state index contributed by atoms with van der Waals surface area (Å²) in [5.41, 5.74) is 2.79. The van der Waals surface area contributed by atoms with E-state index in [4.69, 9.17) is 4.74 Å². The molecule has 1 N–H and O–H groups in total. The summed E-state index contributed by atoms with van der Waals surface area (Å²) < 4.78 is 7.16. The fourth-order valence-electron chi connectivity index (χ4n) is 2.83. The Bertz CT molecular complexity index is 977. The Morgan fingerprint density at radius 3 is 2.58 bits per heavy atom. The maximum Gasteiger partial charge on any atom is 0.290 e. The number of amides is 2. The maximum absolute atomic E-state index is 11.8. The van der Waals surface area contributed by atoms with E-state index < -0.39 is 16.1 Å². The maximum atomic E-state index is 11.8. The molecule has 2 aromatic rings. The summed E-state index contributed by atoms with van der Waals surface area (Å²) in [6, 6.07) is 6.21. The lowest BCUT2D eigenvalue weighted by molar-refractivity contribution is -0.384. The highest BCUT2D eigenvalue weighted by Crippen LogP contribution is 2.33. The van der Waals surface area contributed by atoms with Crippen LogP contribution in [0, 0.1) is 24.0 Å². The standard InChI is InChI=1S/C17H15N3O5S/c1-9-6-11(7-15-16(21)18-17(22)26-15)10(2)19(9)13-8-12(20(23)24)4-5-14(13)25-3/h4-8H,1-3H3,(H,18,21,22)/b15-7-. The molecule has 1 fully saturated rings. The Kier molecular flexibility index (Phi) is 4.56. The van der Waals surface area contributed by atoms with Gasteiger partial charge in [0.05, 0.1) is 22.6 Å². The highest BCUT2D eigenvalue weighted by molar-refractivity contribution is 8.18. The Morgan fingerprint density at radius 2 is 2.00 bits per heavy atom. The number of nitrogens with one attached hydrogen (secondary N) is 1. The second-order valence-electron chi connectivity index (χ2n) is 5.63. The molecule has 1 aromatic carbocycles. The van der Waals surface area contributed by atoms with Crippen molar-refractivity contribution in [2.75, 3.05) is 7.11 Å². The lowest BCUT2D eigenvalue weighted by atomic mass is 10.2. The van der Waals surface area contributed by atoms with E-state index in [1.54, 1.807) is 12.1 Å². The number of ether oxygens (including phenoxy) is 1. The van der Waals surface area contributed by atoms with Crippen molar-refractivity contribution in [2.24, 2.45) is 0 Å². The van der Waals surface area contributed by atoms with E-state index in [1.165, 1.54) is 19.2 Å². The minimum Gasteiger partial charge on any atom is -0.495 e. The first-order chi connectivity index (χ1) is 12.3. The van der Waals surface area contributed by atoms with Crippen molar-refractivity contribution in [3.05, 3.63) is 56.2 Å². The molecule has 0 radical (unpaired) electrons. The number of carbonyl (C=O) groups excluding carboxylic acids is 2. The van der Waals surface area contributed by atoms with Gasteiger partial charge in [-0.25, -0.2) is 0 Å². The number of hydrogen-bond donors (Lipinski definition) is 1. The summed E-state index contributed by atoms with van der Waals surface area (Å²) >= 11 is 0.840. The minimum absolute atomic E-state index is 0.0514. The third kappa shape index (κ3) is 3.08. The molecule has 1 aromatic heterocycles. The lowest BCUT2D eigenvalue weighted by Crippen LogP contribution is -2.17. The number of benzene rings is 1. The summed E-state index contributed by atoms with van der Waals surface area (Å²) in [6.45, 7) is 3.68. The summed E-state index contributed by atoms with van der Waals surface area (Å²) in [6.07, 6.45) is 1.63. The topological polar surface area (TPSA) is 103 Å². The van der Waals surface area contributed by atoms with Gasteiger partial charge in [-0.2, -0.15) is 0 Å². The van der Waals surface area contributed by atoms with Crippen LogP contribution in [0.1, 0.15) is 17.0 Å². The summed E-state index contributed by atoms with van der Waals surface area (Å²) in [5, 5.41) is 12.9. The molecule has 2 heterocycles. The molecule has 1 aliphatic rings. The van der Waals surface area contributed by atoms with Crippen LogP contribution < -0.4 is 10.1 Å². The number of rotatable bonds is 4. The van der Waals surface area contributed by atoms with Gasteiger partial charge in [0.15, 0.2) is 0 Å². The van der Waals surface area contributed by atoms with Gasteiger partial charge in [0.25, 0.3) is 16.8 Å². The van der Waals surface area contributed by atoms with E-state index in [1.807, 2.05) is 24.5 Å². The van der Waals surface area contributed by atoms with Gasteiger partial charge in [-0.15, -0.1) is 0 Å². The zero-order valence-electron chi connectivity index (χ0n) is 14.2. The normalized spacial score (nSPS) is 15.4. The second kappa shape index (κ2) is 6.68. The molecular formula is C17H15N3O5S. The van der Waals surface area contributed by atoms with E-state index in [-0.39, 0.29) is 5.69 Å². The third-order valence-corrected chi connectivity index (χ3v) is 4.82. The van der Waals surface area contributed by atoms with Crippen LogP contribution in [0.2, 0.25) is 0 Å². The fourth-order valence-corrected chi connectivity index (χ4v) is 3.51. The summed E-state index contributed by atoms with van der Waals surface area (Å²) in [5.74, 6) is 0.0532. The van der Waals surface area contributed by atoms with E-state index in [0.717, 1.165) is 28.7 Å². The first-order valence-electron chi connectivity index (χ1n) is 7.58. The molecule has 2 amide bonds. The Balaban J connectivity index is 2.14. The molecule has 0 aliphatic carbocycles. The Labute approximate surface area is 153 Å². The van der Waals surface area contributed by atoms with E-state index in [9.17, 15) is 19.7 Å². The second-order valence-corrected chi connectivity index (χ2v) is 6.64. The van der Waals surface area contributed by atoms with Crippen LogP contribution in [0.15, 0.2) is 29.2 Å². The van der Waals surface area contributed by atoms with Crippen molar-refractivity contribution in [1.82, 2.24) is 9.88 Å². The smallest absolute Gasteiger partial charge is 0.290 e. The number of nitro groups is 1. The molecule has 9 heteroatoms. The van der Waals surface area contributed by atoms with Crippen LogP contribution in [0.25, 0.3) is 11.8 Å². The Morgan fingerprint density at radius 1 is 1.27 bits per heavy atom. The van der Waals surface area contributed by atoms with Crippen molar-refractivity contribution in [3.8, 4) is 11.4 Å². The molecule has 0 spiro atoms. The molecule has 1 aliphatic heterocycles. The van der Waals surface area contributed by atoms with Crippen LogP contribution >= 0.6 is 11.8 Å². The molecule has 8 nitrogen and oxygen atoms in total. The molecule has 26 heavy (non-hydrogen) atoms. The number of non-ortho nitro benzene ring substituents is 1. The first kappa shape index (κ1) is 17.7.